The van der Waals surface area contributed by atoms with Gasteiger partial charge in [-0.15, -0.1) is 6.58 Å². The molecule has 38 valence electrons. The average Bonchev–Trinajstić information content (AvgIpc) is 1.39. The van der Waals surface area contributed by atoms with Crippen LogP contribution in [0.2, 0.25) is 0 Å². The van der Waals surface area contributed by atoms with E-state index >= 15 is 0 Å². The summed E-state index contributed by atoms with van der Waals surface area (Å²) in [6.07, 6.45) is 1.75. The van der Waals surface area contributed by atoms with Crippen LogP contribution in [0.5, 0.6) is 0 Å². The van der Waals surface area contributed by atoms with E-state index < -0.39 is 0 Å². The third-order valence-electron chi connectivity index (χ3n) is 0. The smallest absolute Gasteiger partial charge is 0.0523 e. The molecule has 0 nitrogen and oxygen atoms in total. The minimum atomic E-state index is 0.694. The Labute approximate surface area is 51.5 Å². The van der Waals surface area contributed by atoms with Gasteiger partial charge < -0.3 is 0 Å². The van der Waals surface area contributed by atoms with Crippen molar-refractivity contribution >= 4 is 31.6 Å². The first kappa shape index (κ1) is 9.83. The van der Waals surface area contributed by atoms with E-state index in [1.165, 1.54) is 0 Å². The zero-order valence-electron chi connectivity index (χ0n) is 3.45. The summed E-state index contributed by atoms with van der Waals surface area (Å²) in [5.74, 6) is 0. The predicted molar refractivity (Wildman–Crippen MR) is 35.2 cm³/mol. The van der Waals surface area contributed by atoms with Crippen LogP contribution in [0.15, 0.2) is 12.7 Å². The molecule has 0 amide bonds. The molecular weight excluding hydrogens is 139 g/mol. The van der Waals surface area contributed by atoms with Crippen LogP contribution in [0.25, 0.3) is 0 Å². The SMILES string of the molecule is C=CC.ClSCl. The Morgan fingerprint density at radius 2 is 1.67 bits per heavy atom. The number of rotatable bonds is 0. The maximum absolute atomic E-state index is 4.68. The van der Waals surface area contributed by atoms with Crippen LogP contribution in [0.1, 0.15) is 6.92 Å². The second-order valence-electron chi connectivity index (χ2n) is 0.467. The summed E-state index contributed by atoms with van der Waals surface area (Å²) in [4.78, 5) is 0. The van der Waals surface area contributed by atoms with Crippen LogP contribution in [0, 0.1) is 0 Å². The summed E-state index contributed by atoms with van der Waals surface area (Å²) in [7, 11) is 10.1. The topological polar surface area (TPSA) is 0 Å². The fourth-order valence-electron chi connectivity index (χ4n) is 0. The molecule has 0 atom stereocenters. The van der Waals surface area contributed by atoms with Gasteiger partial charge in [0.05, 0.1) is 10.2 Å². The third kappa shape index (κ3) is 140. The summed E-state index contributed by atoms with van der Waals surface area (Å²) in [6.45, 7) is 5.25. The van der Waals surface area contributed by atoms with Crippen molar-refractivity contribution in [3.05, 3.63) is 12.7 Å². The number of allylic oxidation sites excluding steroid dienone is 1. The minimum Gasteiger partial charge on any atom is -0.103 e. The van der Waals surface area contributed by atoms with Gasteiger partial charge in [0.1, 0.15) is 0 Å². The van der Waals surface area contributed by atoms with Gasteiger partial charge in [-0.1, -0.05) is 6.08 Å². The summed E-state index contributed by atoms with van der Waals surface area (Å²) in [6, 6.07) is 0. The van der Waals surface area contributed by atoms with E-state index in [2.05, 4.69) is 27.9 Å². The van der Waals surface area contributed by atoms with Crippen LogP contribution in [0.3, 0.4) is 0 Å². The minimum absolute atomic E-state index is 0.694. The molecule has 0 saturated carbocycles. The standard InChI is InChI=1S/C3H6.Cl2S/c2*1-3-2/h3H,1H2,2H3;. The summed E-state index contributed by atoms with van der Waals surface area (Å²) in [5, 5.41) is 0. The van der Waals surface area contributed by atoms with E-state index in [1.54, 1.807) is 6.08 Å². The summed E-state index contributed by atoms with van der Waals surface area (Å²) < 4.78 is 0. The van der Waals surface area contributed by atoms with Crippen LogP contribution in [0.4, 0.5) is 0 Å². The highest BCUT2D eigenvalue weighted by molar-refractivity contribution is 8.38. The molecule has 0 unspecified atom stereocenters. The number of halogens is 2. The number of hydrogen-bond donors (Lipinski definition) is 0. The maximum atomic E-state index is 4.68. The van der Waals surface area contributed by atoms with Crippen molar-refractivity contribution in [2.24, 2.45) is 0 Å². The molecule has 0 aromatic carbocycles. The van der Waals surface area contributed by atoms with Crippen molar-refractivity contribution in [1.82, 2.24) is 0 Å². The van der Waals surface area contributed by atoms with Crippen LogP contribution in [-0.2, 0) is 0 Å². The van der Waals surface area contributed by atoms with Gasteiger partial charge in [0.15, 0.2) is 0 Å². The van der Waals surface area contributed by atoms with Crippen molar-refractivity contribution in [3.8, 4) is 0 Å². The Morgan fingerprint density at radius 3 is 1.67 bits per heavy atom. The first-order valence-corrected chi connectivity index (χ1v) is 3.76. The first-order chi connectivity index (χ1) is 2.83. The van der Waals surface area contributed by atoms with Crippen molar-refractivity contribution < 1.29 is 0 Å². The Morgan fingerprint density at radius 1 is 1.67 bits per heavy atom. The van der Waals surface area contributed by atoms with E-state index in [4.69, 9.17) is 0 Å². The van der Waals surface area contributed by atoms with Gasteiger partial charge in [0.2, 0.25) is 0 Å². The van der Waals surface area contributed by atoms with Crippen LogP contribution in [-0.4, -0.2) is 0 Å². The van der Waals surface area contributed by atoms with Gasteiger partial charge in [-0.2, -0.15) is 0 Å². The molecule has 0 N–H and O–H groups in total. The Hall–Kier alpha value is 0.670. The lowest BCUT2D eigenvalue weighted by Crippen LogP contribution is -1.07. The molecule has 0 fully saturated rings. The van der Waals surface area contributed by atoms with Crippen molar-refractivity contribution in [3.63, 3.8) is 0 Å². The maximum Gasteiger partial charge on any atom is 0.0523 e. The van der Waals surface area contributed by atoms with Crippen molar-refractivity contribution in [2.75, 3.05) is 0 Å². The molecular formula is C3H6Cl2S. The highest BCUT2D eigenvalue weighted by Crippen LogP contribution is 2.08. The zero-order valence-corrected chi connectivity index (χ0v) is 5.78. The molecule has 0 aliphatic carbocycles. The molecule has 3 heteroatoms. The molecule has 0 radical (unpaired) electrons. The zero-order chi connectivity index (χ0) is 5.41. The van der Waals surface area contributed by atoms with E-state index in [1.807, 2.05) is 6.92 Å². The van der Waals surface area contributed by atoms with Crippen LogP contribution < -0.4 is 0 Å². The quantitative estimate of drug-likeness (QED) is 0.471. The largest absolute Gasteiger partial charge is 0.103 e. The van der Waals surface area contributed by atoms with Gasteiger partial charge in [0, 0.05) is 0 Å². The van der Waals surface area contributed by atoms with Gasteiger partial charge in [0.25, 0.3) is 0 Å². The second kappa shape index (κ2) is 17.3. The fourth-order valence-corrected chi connectivity index (χ4v) is 0. The van der Waals surface area contributed by atoms with Gasteiger partial charge in [-0.05, 0) is 28.3 Å². The molecule has 0 aromatic heterocycles. The average molecular weight is 145 g/mol. The molecule has 0 aromatic rings. The molecule has 0 aliphatic heterocycles. The van der Waals surface area contributed by atoms with Crippen molar-refractivity contribution in [2.45, 2.75) is 6.92 Å². The van der Waals surface area contributed by atoms with Crippen molar-refractivity contribution in [1.29, 1.82) is 0 Å². The monoisotopic (exact) mass is 144 g/mol. The first-order valence-electron chi connectivity index (χ1n) is 1.29. The molecule has 6 heavy (non-hydrogen) atoms. The Bertz CT molecular complexity index is 22.8. The molecule has 0 aliphatic rings. The molecule has 0 saturated heterocycles. The van der Waals surface area contributed by atoms with E-state index in [0.29, 0.717) is 10.2 Å². The lowest BCUT2D eigenvalue weighted by molar-refractivity contribution is 1.80. The van der Waals surface area contributed by atoms with Gasteiger partial charge >= 0.3 is 0 Å². The Kier molecular flexibility index (Phi) is 28.4. The van der Waals surface area contributed by atoms with Crippen LogP contribution >= 0.6 is 31.6 Å². The highest BCUT2D eigenvalue weighted by atomic mass is 36.0. The normalized spacial score (nSPS) is 5.17. The predicted octanol–water partition coefficient (Wildman–Crippen LogP) is 3.22. The summed E-state index contributed by atoms with van der Waals surface area (Å²) >= 11 is 0. The molecule has 0 bridgehead atoms. The van der Waals surface area contributed by atoms with Gasteiger partial charge in [-0.3, -0.25) is 0 Å². The third-order valence-corrected chi connectivity index (χ3v) is 0. The molecule has 0 heterocycles. The lowest BCUT2D eigenvalue weighted by Gasteiger charge is -1.40. The highest BCUT2D eigenvalue weighted by Gasteiger charge is 1.43. The van der Waals surface area contributed by atoms with Gasteiger partial charge in [-0.25, -0.2) is 0 Å². The molecule has 0 rings (SSSR count). The Balaban J connectivity index is 0. The van der Waals surface area contributed by atoms with E-state index in [0.717, 1.165) is 0 Å². The lowest BCUT2D eigenvalue weighted by atomic mass is 10.8. The van der Waals surface area contributed by atoms with E-state index in [-0.39, 0.29) is 0 Å². The second-order valence-corrected chi connectivity index (χ2v) is 1.98. The molecule has 0 spiro atoms. The number of hydrogen-bond acceptors (Lipinski definition) is 1. The van der Waals surface area contributed by atoms with E-state index in [9.17, 15) is 0 Å². The summed E-state index contributed by atoms with van der Waals surface area (Å²) in [5.41, 5.74) is 0. The fraction of sp³-hybridized carbons (Fsp3) is 0.333.